The Morgan fingerprint density at radius 1 is 1.33 bits per heavy atom. The number of hydrogen-bond donors (Lipinski definition) is 0. The Morgan fingerprint density at radius 2 is 2.19 bits per heavy atom. The third-order valence-electron chi connectivity index (χ3n) is 4.92. The van der Waals surface area contributed by atoms with E-state index in [2.05, 4.69) is 22.0 Å². The van der Waals surface area contributed by atoms with Gasteiger partial charge in [-0.2, -0.15) is 4.98 Å². The van der Waals surface area contributed by atoms with Crippen molar-refractivity contribution in [2.45, 2.75) is 38.6 Å². The van der Waals surface area contributed by atoms with Gasteiger partial charge in [-0.1, -0.05) is 12.1 Å². The van der Waals surface area contributed by atoms with Crippen molar-refractivity contribution >= 4 is 5.91 Å². The first kappa shape index (κ1) is 17.5. The number of carbonyl (C=O) groups is 1. The largest absolute Gasteiger partial charge is 0.464 e. The molecule has 27 heavy (non-hydrogen) atoms. The molecule has 0 spiro atoms. The van der Waals surface area contributed by atoms with E-state index in [1.54, 1.807) is 24.3 Å². The van der Waals surface area contributed by atoms with E-state index < -0.39 is 0 Å². The highest BCUT2D eigenvalue weighted by Gasteiger charge is 2.36. The van der Waals surface area contributed by atoms with Crippen molar-refractivity contribution in [2.24, 2.45) is 5.92 Å². The maximum Gasteiger partial charge on any atom is 0.227 e. The molecule has 0 saturated heterocycles. The predicted molar refractivity (Wildman–Crippen MR) is 97.6 cm³/mol. The van der Waals surface area contributed by atoms with Gasteiger partial charge >= 0.3 is 0 Å². The van der Waals surface area contributed by atoms with Crippen LogP contribution in [0, 0.1) is 5.92 Å². The van der Waals surface area contributed by atoms with Gasteiger partial charge in [-0.15, -0.1) is 0 Å². The van der Waals surface area contributed by atoms with Crippen molar-refractivity contribution in [1.82, 2.24) is 20.0 Å². The summed E-state index contributed by atoms with van der Waals surface area (Å²) >= 11 is 0. The van der Waals surface area contributed by atoms with Crippen LogP contribution in [0.3, 0.4) is 0 Å². The van der Waals surface area contributed by atoms with Crippen LogP contribution in [0.4, 0.5) is 0 Å². The molecular formula is C20H22N4O3. The number of rotatable bonds is 7. The second-order valence-electron chi connectivity index (χ2n) is 7.13. The summed E-state index contributed by atoms with van der Waals surface area (Å²) in [6.07, 6.45) is 5.25. The Balaban J connectivity index is 1.29. The Morgan fingerprint density at radius 3 is 2.93 bits per heavy atom. The van der Waals surface area contributed by atoms with Crippen LogP contribution in [0.2, 0.25) is 0 Å². The zero-order valence-corrected chi connectivity index (χ0v) is 15.5. The van der Waals surface area contributed by atoms with E-state index >= 15 is 0 Å². The lowest BCUT2D eigenvalue weighted by molar-refractivity contribution is -0.130. The summed E-state index contributed by atoms with van der Waals surface area (Å²) in [6.45, 7) is 2.68. The molecule has 7 nitrogen and oxygen atoms in total. The number of nitrogens with zero attached hydrogens (tertiary/aromatic N) is 4. The molecule has 0 N–H and O–H groups in total. The van der Waals surface area contributed by atoms with Crippen molar-refractivity contribution in [3.63, 3.8) is 0 Å². The molecule has 1 aliphatic carbocycles. The highest BCUT2D eigenvalue weighted by molar-refractivity contribution is 5.76. The Kier molecular flexibility index (Phi) is 4.75. The summed E-state index contributed by atoms with van der Waals surface area (Å²) in [6, 6.07) is 7.66. The van der Waals surface area contributed by atoms with Gasteiger partial charge in [-0.3, -0.25) is 9.78 Å². The van der Waals surface area contributed by atoms with Gasteiger partial charge < -0.3 is 13.8 Å². The van der Waals surface area contributed by atoms with Crippen LogP contribution in [0.15, 0.2) is 45.6 Å². The average Bonchev–Trinajstić information content (AvgIpc) is 3.08. The standard InChI is InChI=1S/C20H22N4O3/c1-13-10-16(13)17-6-5-15(26-17)12-24(2)19(25)8-7-18-22-20(23-27-18)14-4-3-9-21-11-14/h3-6,9,11,13,16H,7-8,10,12H2,1-2H3/t13-,16-/m1/s1. The molecule has 7 heteroatoms. The van der Waals surface area contributed by atoms with E-state index in [0.717, 1.165) is 17.1 Å². The van der Waals surface area contributed by atoms with Gasteiger partial charge in [0.05, 0.1) is 6.54 Å². The minimum atomic E-state index is 0.00821. The fourth-order valence-corrected chi connectivity index (χ4v) is 3.09. The summed E-state index contributed by atoms with van der Waals surface area (Å²) in [5.41, 5.74) is 0.787. The van der Waals surface area contributed by atoms with Gasteiger partial charge in [0.1, 0.15) is 11.5 Å². The van der Waals surface area contributed by atoms with Crippen molar-refractivity contribution in [2.75, 3.05) is 7.05 Å². The number of aromatic nitrogens is 3. The molecule has 140 valence electrons. The third-order valence-corrected chi connectivity index (χ3v) is 4.92. The van der Waals surface area contributed by atoms with E-state index in [1.165, 1.54) is 6.42 Å². The van der Waals surface area contributed by atoms with Gasteiger partial charge in [-0.05, 0) is 36.6 Å². The molecule has 2 atom stereocenters. The number of aryl methyl sites for hydroxylation is 1. The molecule has 1 amide bonds. The molecule has 0 bridgehead atoms. The molecule has 3 aromatic rings. The molecule has 3 aromatic heterocycles. The van der Waals surface area contributed by atoms with E-state index in [4.69, 9.17) is 8.94 Å². The van der Waals surface area contributed by atoms with E-state index in [0.29, 0.717) is 42.9 Å². The van der Waals surface area contributed by atoms with Crippen molar-refractivity contribution in [3.8, 4) is 11.4 Å². The van der Waals surface area contributed by atoms with Crippen molar-refractivity contribution in [3.05, 3.63) is 54.1 Å². The first-order chi connectivity index (χ1) is 13.1. The third kappa shape index (κ3) is 4.07. The fraction of sp³-hybridized carbons (Fsp3) is 0.400. The molecular weight excluding hydrogens is 344 g/mol. The lowest BCUT2D eigenvalue weighted by atomic mass is 10.2. The first-order valence-corrected chi connectivity index (χ1v) is 9.15. The van der Waals surface area contributed by atoms with Crippen LogP contribution in [-0.4, -0.2) is 33.0 Å². The van der Waals surface area contributed by atoms with Gasteiger partial charge in [0.25, 0.3) is 0 Å². The molecule has 1 aliphatic rings. The fourth-order valence-electron chi connectivity index (χ4n) is 3.09. The molecule has 0 unspecified atom stereocenters. The second kappa shape index (κ2) is 7.34. The summed E-state index contributed by atoms with van der Waals surface area (Å²) in [5, 5.41) is 3.94. The monoisotopic (exact) mass is 366 g/mol. The van der Waals surface area contributed by atoms with Crippen LogP contribution in [0.1, 0.15) is 43.1 Å². The van der Waals surface area contributed by atoms with Gasteiger partial charge in [0.2, 0.25) is 17.6 Å². The van der Waals surface area contributed by atoms with E-state index in [1.807, 2.05) is 24.3 Å². The van der Waals surface area contributed by atoms with Crippen LogP contribution in [0.25, 0.3) is 11.4 Å². The quantitative estimate of drug-likeness (QED) is 0.637. The molecule has 1 saturated carbocycles. The number of amides is 1. The molecule has 0 aromatic carbocycles. The van der Waals surface area contributed by atoms with Crippen molar-refractivity contribution in [1.29, 1.82) is 0 Å². The van der Waals surface area contributed by atoms with Crippen molar-refractivity contribution < 1.29 is 13.7 Å². The summed E-state index contributed by atoms with van der Waals surface area (Å²) < 4.78 is 11.1. The van der Waals surface area contributed by atoms with Crippen LogP contribution >= 0.6 is 0 Å². The van der Waals surface area contributed by atoms with Gasteiger partial charge in [-0.25, -0.2) is 0 Å². The van der Waals surface area contributed by atoms with Gasteiger partial charge in [0, 0.05) is 43.8 Å². The number of furan rings is 1. The summed E-state index contributed by atoms with van der Waals surface area (Å²) in [5.74, 6) is 4.04. The molecule has 0 aliphatic heterocycles. The Hall–Kier alpha value is -2.96. The molecule has 0 radical (unpaired) electrons. The Labute approximate surface area is 157 Å². The van der Waals surface area contributed by atoms with Gasteiger partial charge in [0.15, 0.2) is 0 Å². The maximum atomic E-state index is 12.4. The summed E-state index contributed by atoms with van der Waals surface area (Å²) in [4.78, 5) is 22.4. The number of hydrogen-bond acceptors (Lipinski definition) is 6. The highest BCUT2D eigenvalue weighted by atomic mass is 16.5. The average molecular weight is 366 g/mol. The topological polar surface area (TPSA) is 85.3 Å². The molecule has 4 rings (SSSR count). The predicted octanol–water partition coefficient (Wildman–Crippen LogP) is 3.44. The van der Waals surface area contributed by atoms with E-state index in [-0.39, 0.29) is 5.91 Å². The summed E-state index contributed by atoms with van der Waals surface area (Å²) in [7, 11) is 1.78. The minimum absolute atomic E-state index is 0.00821. The van der Waals surface area contributed by atoms with Crippen LogP contribution < -0.4 is 0 Å². The second-order valence-corrected chi connectivity index (χ2v) is 7.13. The molecule has 1 fully saturated rings. The first-order valence-electron chi connectivity index (χ1n) is 9.15. The van der Waals surface area contributed by atoms with Crippen LogP contribution in [-0.2, 0) is 17.8 Å². The lowest BCUT2D eigenvalue weighted by Crippen LogP contribution is -2.26. The SMILES string of the molecule is C[C@@H]1C[C@H]1c1ccc(CN(C)C(=O)CCc2nc(-c3cccnc3)no2)o1. The molecule has 3 heterocycles. The normalized spacial score (nSPS) is 18.4. The van der Waals surface area contributed by atoms with E-state index in [9.17, 15) is 4.79 Å². The van der Waals surface area contributed by atoms with Crippen LogP contribution in [0.5, 0.6) is 0 Å². The lowest BCUT2D eigenvalue weighted by Gasteiger charge is -2.15. The maximum absolute atomic E-state index is 12.4. The Bertz CT molecular complexity index is 918. The zero-order chi connectivity index (χ0) is 18.8. The number of carbonyl (C=O) groups excluding carboxylic acids is 1. The smallest absolute Gasteiger partial charge is 0.227 e. The zero-order valence-electron chi connectivity index (χ0n) is 15.5. The minimum Gasteiger partial charge on any atom is -0.464 e. The number of pyridine rings is 1. The highest BCUT2D eigenvalue weighted by Crippen LogP contribution is 2.47.